The van der Waals surface area contributed by atoms with Crippen LogP contribution in [0.25, 0.3) is 0 Å². The number of unbranched alkanes of at least 4 members (excludes halogenated alkanes) is 1. The maximum Gasteiger partial charge on any atom is 0.251 e. The van der Waals surface area contributed by atoms with Crippen molar-refractivity contribution in [2.24, 2.45) is 5.92 Å². The van der Waals surface area contributed by atoms with Crippen LogP contribution in [0.15, 0.2) is 36.4 Å². The lowest BCUT2D eigenvalue weighted by atomic mass is 9.93. The zero-order chi connectivity index (χ0) is 25.9. The van der Waals surface area contributed by atoms with E-state index in [0.29, 0.717) is 31.0 Å². The number of benzene rings is 1. The maximum absolute atomic E-state index is 13.3. The van der Waals surface area contributed by atoms with Gasteiger partial charge in [0.1, 0.15) is 11.6 Å². The van der Waals surface area contributed by atoms with E-state index in [0.717, 1.165) is 49.2 Å². The Hall–Kier alpha value is -3.13. The van der Waals surface area contributed by atoms with Crippen LogP contribution < -0.4 is 20.7 Å². The molecule has 8 heteroatoms. The van der Waals surface area contributed by atoms with E-state index >= 15 is 0 Å². The van der Waals surface area contributed by atoms with Crippen LogP contribution in [0.1, 0.15) is 67.6 Å². The van der Waals surface area contributed by atoms with Gasteiger partial charge in [0.15, 0.2) is 0 Å². The highest BCUT2D eigenvalue weighted by molar-refractivity contribution is 5.95. The average Bonchev–Trinajstić information content (AvgIpc) is 2.85. The summed E-state index contributed by atoms with van der Waals surface area (Å²) in [6.07, 6.45) is 3.45. The summed E-state index contributed by atoms with van der Waals surface area (Å²) in [5.41, 5.74) is 2.16. The van der Waals surface area contributed by atoms with E-state index in [1.807, 2.05) is 31.2 Å². The van der Waals surface area contributed by atoms with E-state index in [2.05, 4.69) is 27.9 Å². The van der Waals surface area contributed by atoms with Crippen molar-refractivity contribution >= 4 is 17.6 Å². The number of pyridine rings is 1. The molecule has 1 aromatic heterocycles. The van der Waals surface area contributed by atoms with Gasteiger partial charge in [-0.2, -0.15) is 0 Å². The lowest BCUT2D eigenvalue weighted by molar-refractivity contribution is -0.125. The number of aliphatic hydroxyl groups is 1. The van der Waals surface area contributed by atoms with E-state index in [1.165, 1.54) is 0 Å². The zero-order valence-corrected chi connectivity index (χ0v) is 21.7. The average molecular weight is 497 g/mol. The molecule has 2 amide bonds. The molecule has 36 heavy (non-hydrogen) atoms. The minimum absolute atomic E-state index is 0.0853. The summed E-state index contributed by atoms with van der Waals surface area (Å²) in [6.45, 7) is 7.68. The third-order valence-electron chi connectivity index (χ3n) is 6.37. The van der Waals surface area contributed by atoms with Crippen molar-refractivity contribution in [2.45, 2.75) is 71.4 Å². The number of hydrogen-bond acceptors (Lipinski definition) is 6. The Bertz CT molecular complexity index is 1010. The van der Waals surface area contributed by atoms with Gasteiger partial charge in [0.05, 0.1) is 18.8 Å². The Morgan fingerprint density at radius 2 is 2.11 bits per heavy atom. The van der Waals surface area contributed by atoms with E-state index < -0.39 is 12.1 Å². The molecule has 4 N–H and O–H groups in total. The second-order valence-corrected chi connectivity index (χ2v) is 9.64. The number of aryl methyl sites for hydroxylation is 1. The van der Waals surface area contributed by atoms with Crippen LogP contribution in [0.4, 0.5) is 5.82 Å². The highest BCUT2D eigenvalue weighted by Crippen LogP contribution is 2.20. The minimum atomic E-state index is -0.912. The molecule has 4 bridgehead atoms. The van der Waals surface area contributed by atoms with Crippen molar-refractivity contribution in [1.29, 1.82) is 0 Å². The molecule has 0 radical (unpaired) electrons. The van der Waals surface area contributed by atoms with Gasteiger partial charge in [0, 0.05) is 30.3 Å². The van der Waals surface area contributed by atoms with Crippen LogP contribution in [0.2, 0.25) is 0 Å². The summed E-state index contributed by atoms with van der Waals surface area (Å²) in [7, 11) is 0. The summed E-state index contributed by atoms with van der Waals surface area (Å²) in [5, 5.41) is 20.4. The first-order valence-corrected chi connectivity index (χ1v) is 13.1. The SMILES string of the molecule is CCCCNC(=O)[C@H](C)C[C@H](O)[C@@H]1Cc2cccc(c2)OCCCCNc2cc(cc(C)n2)C(=O)N1. The second-order valence-electron chi connectivity index (χ2n) is 9.64. The molecule has 0 spiro atoms. The molecular weight excluding hydrogens is 456 g/mol. The first kappa shape index (κ1) is 27.5. The van der Waals surface area contributed by atoms with Gasteiger partial charge in [0.2, 0.25) is 5.91 Å². The Morgan fingerprint density at radius 1 is 1.28 bits per heavy atom. The van der Waals surface area contributed by atoms with E-state index in [1.54, 1.807) is 19.1 Å². The van der Waals surface area contributed by atoms with Crippen molar-refractivity contribution < 1.29 is 19.4 Å². The molecular formula is C28H40N4O4. The van der Waals surface area contributed by atoms with Crippen molar-refractivity contribution in [3.8, 4) is 5.75 Å². The number of nitrogens with one attached hydrogen (secondary N) is 3. The lowest BCUT2D eigenvalue weighted by Crippen LogP contribution is -2.46. The molecule has 3 atom stereocenters. The van der Waals surface area contributed by atoms with Gasteiger partial charge in [-0.3, -0.25) is 9.59 Å². The third kappa shape index (κ3) is 8.52. The normalized spacial score (nSPS) is 18.2. The van der Waals surface area contributed by atoms with Crippen molar-refractivity contribution in [2.75, 3.05) is 25.0 Å². The van der Waals surface area contributed by atoms with Gasteiger partial charge in [-0.15, -0.1) is 0 Å². The van der Waals surface area contributed by atoms with E-state index in [9.17, 15) is 14.7 Å². The molecule has 1 aliphatic rings. The quantitative estimate of drug-likeness (QED) is 0.436. The van der Waals surface area contributed by atoms with Crippen LogP contribution in [0, 0.1) is 12.8 Å². The van der Waals surface area contributed by atoms with Crippen molar-refractivity contribution in [3.05, 3.63) is 53.2 Å². The van der Waals surface area contributed by atoms with Crippen LogP contribution in [-0.4, -0.2) is 53.7 Å². The molecule has 2 aromatic rings. The molecule has 8 nitrogen and oxygen atoms in total. The van der Waals surface area contributed by atoms with Crippen molar-refractivity contribution in [1.82, 2.24) is 15.6 Å². The highest BCUT2D eigenvalue weighted by Gasteiger charge is 2.27. The fourth-order valence-corrected chi connectivity index (χ4v) is 4.27. The number of carbonyl (C=O) groups is 2. The Labute approximate surface area is 214 Å². The number of rotatable bonds is 7. The maximum atomic E-state index is 13.3. The van der Waals surface area contributed by atoms with Gasteiger partial charge >= 0.3 is 0 Å². The van der Waals surface area contributed by atoms with Crippen LogP contribution in [0.3, 0.4) is 0 Å². The zero-order valence-electron chi connectivity index (χ0n) is 21.7. The van der Waals surface area contributed by atoms with Gasteiger partial charge in [-0.05, 0) is 68.9 Å². The number of anilines is 1. The molecule has 0 aliphatic carbocycles. The molecule has 0 saturated carbocycles. The topological polar surface area (TPSA) is 113 Å². The van der Waals surface area contributed by atoms with Gasteiger partial charge in [-0.25, -0.2) is 4.98 Å². The largest absolute Gasteiger partial charge is 0.494 e. The Morgan fingerprint density at radius 3 is 2.92 bits per heavy atom. The minimum Gasteiger partial charge on any atom is -0.494 e. The molecule has 0 saturated heterocycles. The number of nitrogens with zero attached hydrogens (tertiary/aromatic N) is 1. The number of aromatic nitrogens is 1. The van der Waals surface area contributed by atoms with Gasteiger partial charge in [0.25, 0.3) is 5.91 Å². The summed E-state index contributed by atoms with van der Waals surface area (Å²) in [6, 6.07) is 10.6. The molecule has 1 aromatic carbocycles. The summed E-state index contributed by atoms with van der Waals surface area (Å²) in [4.78, 5) is 30.3. The second kappa shape index (κ2) is 13.8. The van der Waals surface area contributed by atoms with E-state index in [-0.39, 0.29) is 24.2 Å². The predicted molar refractivity (Wildman–Crippen MR) is 141 cm³/mol. The van der Waals surface area contributed by atoms with Gasteiger partial charge in [-0.1, -0.05) is 32.4 Å². The van der Waals surface area contributed by atoms with E-state index in [4.69, 9.17) is 4.74 Å². The number of hydrogen-bond donors (Lipinski definition) is 4. The summed E-state index contributed by atoms with van der Waals surface area (Å²) < 4.78 is 5.92. The fraction of sp³-hybridized carbons (Fsp3) is 0.536. The van der Waals surface area contributed by atoms with Crippen LogP contribution >= 0.6 is 0 Å². The first-order valence-electron chi connectivity index (χ1n) is 13.1. The molecule has 1 aliphatic heterocycles. The fourth-order valence-electron chi connectivity index (χ4n) is 4.27. The molecule has 2 heterocycles. The predicted octanol–water partition coefficient (Wildman–Crippen LogP) is 3.62. The Kier molecular flexibility index (Phi) is 10.5. The standard InChI is InChI=1S/C28H40N4O4/c1-4-5-11-30-27(34)19(2)14-25(33)24-17-21-9-8-10-23(16-21)36-13-7-6-12-29-26-18-22(28(35)32-24)15-20(3)31-26/h8-10,15-16,18-19,24-25,33H,4-7,11-14,17H2,1-3H3,(H,29,31)(H,30,34)(H,32,35)/t19-,24+,25+/m1/s1. The first-order chi connectivity index (χ1) is 17.4. The molecule has 3 rings (SSSR count). The monoisotopic (exact) mass is 496 g/mol. The Balaban J connectivity index is 1.82. The lowest BCUT2D eigenvalue weighted by Gasteiger charge is -2.27. The molecule has 0 fully saturated rings. The van der Waals surface area contributed by atoms with Crippen molar-refractivity contribution in [3.63, 3.8) is 0 Å². The highest BCUT2D eigenvalue weighted by atomic mass is 16.5. The third-order valence-corrected chi connectivity index (χ3v) is 6.37. The number of ether oxygens (including phenoxy) is 1. The number of carbonyl (C=O) groups excluding carboxylic acids is 2. The number of fused-ring (bicyclic) bond motifs is 4. The number of amides is 2. The van der Waals surface area contributed by atoms with Crippen LogP contribution in [-0.2, 0) is 11.2 Å². The molecule has 0 unspecified atom stereocenters. The summed E-state index contributed by atoms with van der Waals surface area (Å²) >= 11 is 0. The van der Waals surface area contributed by atoms with Gasteiger partial charge < -0.3 is 25.8 Å². The number of aliphatic hydroxyl groups excluding tert-OH is 1. The molecule has 196 valence electrons. The van der Waals surface area contributed by atoms with Crippen LogP contribution in [0.5, 0.6) is 5.75 Å². The smallest absolute Gasteiger partial charge is 0.251 e. The summed E-state index contributed by atoms with van der Waals surface area (Å²) in [5.74, 6) is 0.652.